The molecule has 0 bridgehead atoms. The van der Waals surface area contributed by atoms with Crippen LogP contribution in [0.3, 0.4) is 0 Å². The van der Waals surface area contributed by atoms with Gasteiger partial charge in [0.05, 0.1) is 11.8 Å². The molecular weight excluding hydrogens is 395 g/mol. The van der Waals surface area contributed by atoms with E-state index in [0.29, 0.717) is 31.9 Å². The van der Waals surface area contributed by atoms with Crippen LogP contribution in [0.5, 0.6) is 0 Å². The Bertz CT molecular complexity index is 1120. The molecule has 0 radical (unpaired) electrons. The minimum Gasteiger partial charge on any atom is -0.338 e. The summed E-state index contributed by atoms with van der Waals surface area (Å²) in [6.07, 6.45) is 4.12. The Morgan fingerprint density at radius 3 is 2.23 bits per heavy atom. The largest absolute Gasteiger partial charge is 0.338 e. The van der Waals surface area contributed by atoms with E-state index in [0.717, 1.165) is 17.3 Å². The maximum absolute atomic E-state index is 13.4. The minimum atomic E-state index is -0.522. The molecule has 5 rings (SSSR count). The number of likely N-dealkylation sites (tertiary alicyclic amines) is 2. The highest BCUT2D eigenvalue weighted by Gasteiger charge is 2.43. The van der Waals surface area contributed by atoms with Crippen molar-refractivity contribution >= 4 is 11.8 Å². The number of hydrogen-bond acceptors (Lipinski definition) is 4. The highest BCUT2D eigenvalue weighted by molar-refractivity contribution is 5.99. The Morgan fingerprint density at radius 2 is 1.55 bits per heavy atom. The van der Waals surface area contributed by atoms with E-state index in [1.807, 2.05) is 47.4 Å². The average Bonchev–Trinajstić information content (AvgIpc) is 3.38. The molecule has 1 aromatic carbocycles. The van der Waals surface area contributed by atoms with Crippen molar-refractivity contribution in [2.24, 2.45) is 11.8 Å². The van der Waals surface area contributed by atoms with Crippen LogP contribution in [0.15, 0.2) is 67.1 Å². The second-order valence-corrected chi connectivity index (χ2v) is 8.10. The van der Waals surface area contributed by atoms with Crippen LogP contribution in [0.1, 0.15) is 20.8 Å². The lowest BCUT2D eigenvalue weighted by Crippen LogP contribution is -2.36. The molecule has 6 nitrogen and oxygen atoms in total. The molecule has 2 saturated heterocycles. The summed E-state index contributed by atoms with van der Waals surface area (Å²) in [7, 11) is 0. The summed E-state index contributed by atoms with van der Waals surface area (Å²) in [5.41, 5.74) is 2.49. The van der Waals surface area contributed by atoms with Gasteiger partial charge in [0.1, 0.15) is 11.5 Å². The molecule has 31 heavy (non-hydrogen) atoms. The Hall–Kier alpha value is -3.61. The standard InChI is InChI=1S/C24H21FN4O2/c25-20-9-17(10-26-11-20)23(30)28-12-18-14-29(15-19(18)13-28)24(31)22-21(7-4-8-27-22)16-5-2-1-3-6-16/h1-11,18-19H,12-15H2. The van der Waals surface area contributed by atoms with Crippen LogP contribution >= 0.6 is 0 Å². The monoisotopic (exact) mass is 416 g/mol. The van der Waals surface area contributed by atoms with E-state index in [2.05, 4.69) is 9.97 Å². The zero-order valence-electron chi connectivity index (χ0n) is 16.8. The third-order valence-electron chi connectivity index (χ3n) is 6.11. The summed E-state index contributed by atoms with van der Waals surface area (Å²) < 4.78 is 13.4. The third-order valence-corrected chi connectivity index (χ3v) is 6.11. The van der Waals surface area contributed by atoms with Gasteiger partial charge in [0, 0.05) is 56.0 Å². The average molecular weight is 416 g/mol. The minimum absolute atomic E-state index is 0.0824. The maximum atomic E-state index is 13.4. The Kier molecular flexibility index (Phi) is 4.94. The predicted octanol–water partition coefficient (Wildman–Crippen LogP) is 3.13. The van der Waals surface area contributed by atoms with Crippen molar-refractivity contribution in [3.8, 4) is 11.1 Å². The number of fused-ring (bicyclic) bond motifs is 1. The number of nitrogens with zero attached hydrogens (tertiary/aromatic N) is 4. The van der Waals surface area contributed by atoms with Crippen LogP contribution in [0.25, 0.3) is 11.1 Å². The second kappa shape index (κ2) is 7.91. The van der Waals surface area contributed by atoms with E-state index in [1.54, 1.807) is 11.1 Å². The van der Waals surface area contributed by atoms with Gasteiger partial charge < -0.3 is 9.80 Å². The van der Waals surface area contributed by atoms with Crippen molar-refractivity contribution in [2.45, 2.75) is 0 Å². The number of halogens is 1. The summed E-state index contributed by atoms with van der Waals surface area (Å²) in [5.74, 6) is -0.403. The first-order valence-corrected chi connectivity index (χ1v) is 10.3. The maximum Gasteiger partial charge on any atom is 0.273 e. The number of aromatic nitrogens is 2. The lowest BCUT2D eigenvalue weighted by atomic mass is 10.0. The molecule has 0 spiro atoms. The Balaban J connectivity index is 1.29. The molecule has 2 fully saturated rings. The topological polar surface area (TPSA) is 66.4 Å². The molecule has 2 unspecified atom stereocenters. The van der Waals surface area contributed by atoms with Crippen molar-refractivity contribution in [3.63, 3.8) is 0 Å². The van der Waals surface area contributed by atoms with E-state index in [1.165, 1.54) is 12.3 Å². The number of rotatable bonds is 3. The molecule has 7 heteroatoms. The summed E-state index contributed by atoms with van der Waals surface area (Å²) in [6, 6.07) is 14.7. The summed E-state index contributed by atoms with van der Waals surface area (Å²) in [5, 5.41) is 0. The first-order valence-electron chi connectivity index (χ1n) is 10.3. The van der Waals surface area contributed by atoms with E-state index >= 15 is 0 Å². The van der Waals surface area contributed by atoms with Gasteiger partial charge in [-0.15, -0.1) is 0 Å². The number of pyridine rings is 2. The van der Waals surface area contributed by atoms with Gasteiger partial charge in [0.2, 0.25) is 0 Å². The molecular formula is C24H21FN4O2. The molecule has 2 aromatic heterocycles. The first kappa shape index (κ1) is 19.4. The molecule has 0 saturated carbocycles. The SMILES string of the molecule is O=C(c1cncc(F)c1)N1CC2CN(C(=O)c3ncccc3-c3ccccc3)CC2C1. The van der Waals surface area contributed by atoms with Crippen molar-refractivity contribution < 1.29 is 14.0 Å². The lowest BCUT2D eigenvalue weighted by molar-refractivity contribution is 0.0735. The van der Waals surface area contributed by atoms with E-state index in [9.17, 15) is 14.0 Å². The van der Waals surface area contributed by atoms with Gasteiger partial charge >= 0.3 is 0 Å². The third kappa shape index (κ3) is 3.67. The highest BCUT2D eigenvalue weighted by atomic mass is 19.1. The van der Waals surface area contributed by atoms with Crippen LogP contribution in [0.2, 0.25) is 0 Å². The smallest absolute Gasteiger partial charge is 0.273 e. The molecule has 4 heterocycles. The first-order chi connectivity index (χ1) is 15.1. The van der Waals surface area contributed by atoms with Gasteiger partial charge in [0.25, 0.3) is 11.8 Å². The zero-order valence-corrected chi connectivity index (χ0v) is 16.8. The quantitative estimate of drug-likeness (QED) is 0.658. The van der Waals surface area contributed by atoms with Crippen molar-refractivity contribution in [1.29, 1.82) is 0 Å². The molecule has 2 atom stereocenters. The molecule has 0 aliphatic carbocycles. The summed E-state index contributed by atoms with van der Waals surface area (Å²) in [4.78, 5) is 37.7. The zero-order chi connectivity index (χ0) is 21.4. The normalized spacial score (nSPS) is 20.0. The van der Waals surface area contributed by atoms with Crippen molar-refractivity contribution in [2.75, 3.05) is 26.2 Å². The fourth-order valence-electron chi connectivity index (χ4n) is 4.61. The predicted molar refractivity (Wildman–Crippen MR) is 113 cm³/mol. The number of carbonyl (C=O) groups excluding carboxylic acids is 2. The van der Waals surface area contributed by atoms with E-state index < -0.39 is 5.82 Å². The summed E-state index contributed by atoms with van der Waals surface area (Å²) in [6.45, 7) is 2.27. The van der Waals surface area contributed by atoms with Gasteiger partial charge in [-0.05, 0) is 17.7 Å². The lowest BCUT2D eigenvalue weighted by Gasteiger charge is -2.22. The van der Waals surface area contributed by atoms with Crippen LogP contribution in [-0.2, 0) is 0 Å². The molecule has 2 aliphatic heterocycles. The molecule has 156 valence electrons. The number of hydrogen-bond donors (Lipinski definition) is 0. The van der Waals surface area contributed by atoms with Gasteiger partial charge in [-0.1, -0.05) is 36.4 Å². The highest BCUT2D eigenvalue weighted by Crippen LogP contribution is 2.33. The van der Waals surface area contributed by atoms with Crippen LogP contribution < -0.4 is 0 Å². The van der Waals surface area contributed by atoms with Crippen LogP contribution in [0.4, 0.5) is 4.39 Å². The number of benzene rings is 1. The molecule has 0 N–H and O–H groups in total. The van der Waals surface area contributed by atoms with Crippen LogP contribution in [0, 0.1) is 17.7 Å². The number of carbonyl (C=O) groups is 2. The number of amides is 2. The molecule has 2 aliphatic rings. The molecule has 3 aromatic rings. The van der Waals surface area contributed by atoms with E-state index in [-0.39, 0.29) is 29.2 Å². The van der Waals surface area contributed by atoms with Gasteiger partial charge in [0.15, 0.2) is 0 Å². The van der Waals surface area contributed by atoms with Gasteiger partial charge in [-0.3, -0.25) is 19.6 Å². The fraction of sp³-hybridized carbons (Fsp3) is 0.250. The van der Waals surface area contributed by atoms with Crippen molar-refractivity contribution in [3.05, 3.63) is 84.2 Å². The fourth-order valence-corrected chi connectivity index (χ4v) is 4.61. The van der Waals surface area contributed by atoms with Crippen molar-refractivity contribution in [1.82, 2.24) is 19.8 Å². The van der Waals surface area contributed by atoms with Gasteiger partial charge in [-0.25, -0.2) is 4.39 Å². The second-order valence-electron chi connectivity index (χ2n) is 8.10. The Morgan fingerprint density at radius 1 is 0.871 bits per heavy atom. The summed E-state index contributed by atoms with van der Waals surface area (Å²) >= 11 is 0. The Labute approximate surface area is 179 Å². The van der Waals surface area contributed by atoms with Crippen LogP contribution in [-0.4, -0.2) is 57.8 Å². The van der Waals surface area contributed by atoms with E-state index in [4.69, 9.17) is 0 Å². The molecule has 2 amide bonds. The van der Waals surface area contributed by atoms with Gasteiger partial charge in [-0.2, -0.15) is 0 Å².